The molecule has 0 radical (unpaired) electrons. The van der Waals surface area contributed by atoms with Gasteiger partial charge < -0.3 is 4.90 Å². The van der Waals surface area contributed by atoms with Gasteiger partial charge in [-0.3, -0.25) is 9.11 Å². The van der Waals surface area contributed by atoms with E-state index in [1.807, 2.05) is 24.3 Å². The maximum atomic E-state index is 11.6. The molecule has 0 amide bonds. The third-order valence-corrected chi connectivity index (χ3v) is 11.8. The number of rotatable bonds is 11. The van der Waals surface area contributed by atoms with Crippen molar-refractivity contribution >= 4 is 86.7 Å². The van der Waals surface area contributed by atoms with Gasteiger partial charge in [0, 0.05) is 31.8 Å². The summed E-state index contributed by atoms with van der Waals surface area (Å²) in [6, 6.07) is 24.7. The second-order valence-electron chi connectivity index (χ2n) is 11.1. The zero-order valence-electron chi connectivity index (χ0n) is 24.6. The molecule has 0 aliphatic carbocycles. The molecule has 1 aromatic heterocycles. The zero-order chi connectivity index (χ0) is 31.8. The van der Waals surface area contributed by atoms with E-state index in [1.165, 1.54) is 0 Å². The van der Waals surface area contributed by atoms with E-state index in [1.54, 1.807) is 23.1 Å². The van der Waals surface area contributed by atoms with Crippen LogP contribution in [0.1, 0.15) is 36.6 Å². The van der Waals surface area contributed by atoms with E-state index in [2.05, 4.69) is 72.5 Å². The predicted octanol–water partition coefficient (Wildman–Crippen LogP) is 8.55. The summed E-state index contributed by atoms with van der Waals surface area (Å²) in [6.07, 6.45) is 6.13. The highest BCUT2D eigenvalue weighted by Crippen LogP contribution is 2.50. The van der Waals surface area contributed by atoms with E-state index in [0.717, 1.165) is 69.7 Å². The monoisotopic (exact) mass is 679 g/mol. The van der Waals surface area contributed by atoms with Crippen LogP contribution in [0, 0.1) is 0 Å². The number of allylic oxidation sites excluding steroid dienone is 2. The Balaban J connectivity index is 1.44. The SMILES string of the molecule is CCC(/C=C1\Sc2ccc3ccccc3c2N1CCCS(=O)(=O)O)=C\c1sc2ccc3ccccc3c2c1CCCS(=O)(=O)O. The van der Waals surface area contributed by atoms with E-state index >= 15 is 0 Å². The molecule has 0 atom stereocenters. The summed E-state index contributed by atoms with van der Waals surface area (Å²) in [6.45, 7) is 2.51. The van der Waals surface area contributed by atoms with Crippen molar-refractivity contribution in [3.8, 4) is 0 Å². The van der Waals surface area contributed by atoms with E-state index in [-0.39, 0.29) is 17.9 Å². The van der Waals surface area contributed by atoms with Gasteiger partial charge in [0.1, 0.15) is 0 Å². The molecule has 0 saturated carbocycles. The van der Waals surface area contributed by atoms with Crippen molar-refractivity contribution in [2.24, 2.45) is 0 Å². The number of aryl methyl sites for hydroxylation is 1. The van der Waals surface area contributed by atoms with Gasteiger partial charge in [-0.25, -0.2) is 0 Å². The Labute approximate surface area is 271 Å². The molecule has 6 rings (SSSR count). The van der Waals surface area contributed by atoms with E-state index in [4.69, 9.17) is 0 Å². The molecule has 5 aromatic rings. The minimum Gasteiger partial charge on any atom is -0.334 e. The molecule has 11 heteroatoms. The van der Waals surface area contributed by atoms with Gasteiger partial charge in [-0.05, 0) is 77.3 Å². The summed E-state index contributed by atoms with van der Waals surface area (Å²) in [5.74, 6) is -0.620. The summed E-state index contributed by atoms with van der Waals surface area (Å²) in [4.78, 5) is 4.29. The predicted molar refractivity (Wildman–Crippen MR) is 189 cm³/mol. The third kappa shape index (κ3) is 7.14. The first-order valence-corrected chi connectivity index (χ1v) is 19.6. The average molecular weight is 680 g/mol. The molecule has 0 bridgehead atoms. The fraction of sp³-hybridized carbons (Fsp3) is 0.235. The van der Waals surface area contributed by atoms with Crippen LogP contribution >= 0.6 is 23.1 Å². The van der Waals surface area contributed by atoms with Crippen molar-refractivity contribution in [3.05, 3.63) is 99.9 Å². The van der Waals surface area contributed by atoms with Crippen molar-refractivity contribution in [2.45, 2.75) is 37.5 Å². The topological polar surface area (TPSA) is 112 Å². The Bertz CT molecular complexity index is 2200. The van der Waals surface area contributed by atoms with Gasteiger partial charge in [0.15, 0.2) is 0 Å². The molecule has 0 saturated heterocycles. The summed E-state index contributed by atoms with van der Waals surface area (Å²) in [5, 5.41) is 6.49. The standard InChI is InChI=1S/C34H33NO6S4/c1-2-23(21-31-28(13-7-19-44(36,37)38)33-26-11-5-3-9-24(26)14-16-29(33)42-31)22-32-35(18-8-20-45(39,40)41)34-27-12-6-4-10-25(27)15-17-30(34)43-32/h3-6,9-12,14-17,21-22H,2,7-8,13,18-20H2,1H3,(H,36,37,38)(H,39,40,41)/b23-21+,32-22-. The Kier molecular flexibility index (Phi) is 9.11. The summed E-state index contributed by atoms with van der Waals surface area (Å²) in [7, 11) is -8.17. The highest BCUT2D eigenvalue weighted by molar-refractivity contribution is 8.03. The maximum absolute atomic E-state index is 11.6. The van der Waals surface area contributed by atoms with E-state index < -0.39 is 20.2 Å². The molecule has 1 aliphatic heterocycles. The van der Waals surface area contributed by atoms with Crippen molar-refractivity contribution in [1.29, 1.82) is 0 Å². The fourth-order valence-corrected chi connectivity index (χ4v) is 9.36. The van der Waals surface area contributed by atoms with Crippen LogP contribution in [0.5, 0.6) is 0 Å². The van der Waals surface area contributed by atoms with Crippen molar-refractivity contribution in [3.63, 3.8) is 0 Å². The van der Waals surface area contributed by atoms with Crippen LogP contribution in [0.3, 0.4) is 0 Å². The highest BCUT2D eigenvalue weighted by Gasteiger charge is 2.27. The first kappa shape index (κ1) is 31.8. The zero-order valence-corrected chi connectivity index (χ0v) is 27.9. The van der Waals surface area contributed by atoms with Crippen LogP contribution in [-0.4, -0.2) is 44.0 Å². The minimum absolute atomic E-state index is 0.270. The van der Waals surface area contributed by atoms with Crippen molar-refractivity contribution in [1.82, 2.24) is 0 Å². The number of nitrogens with zero attached hydrogens (tertiary/aromatic N) is 1. The Hall–Kier alpha value is -3.19. The molecule has 4 aromatic carbocycles. The van der Waals surface area contributed by atoms with Crippen LogP contribution in [-0.2, 0) is 26.7 Å². The van der Waals surface area contributed by atoms with Gasteiger partial charge in [0.05, 0.1) is 22.2 Å². The second-order valence-corrected chi connectivity index (χ2v) is 16.4. The van der Waals surface area contributed by atoms with Crippen LogP contribution < -0.4 is 4.90 Å². The summed E-state index contributed by atoms with van der Waals surface area (Å²) < 4.78 is 66.2. The number of hydrogen-bond acceptors (Lipinski definition) is 7. The fourth-order valence-electron chi connectivity index (χ4n) is 5.93. The molecule has 0 spiro atoms. The molecule has 234 valence electrons. The number of anilines is 1. The lowest BCUT2D eigenvalue weighted by Crippen LogP contribution is -2.22. The number of thiophene rings is 1. The number of thioether (sulfide) groups is 1. The molecule has 0 fully saturated rings. The Morgan fingerprint density at radius 2 is 1.47 bits per heavy atom. The van der Waals surface area contributed by atoms with Crippen LogP contribution in [0.4, 0.5) is 5.69 Å². The molecule has 7 nitrogen and oxygen atoms in total. The quantitative estimate of drug-likeness (QED) is 0.134. The number of hydrogen-bond donors (Lipinski definition) is 2. The van der Waals surface area contributed by atoms with Gasteiger partial charge in [0.2, 0.25) is 0 Å². The van der Waals surface area contributed by atoms with Gasteiger partial charge in [0.25, 0.3) is 20.2 Å². The lowest BCUT2D eigenvalue weighted by molar-refractivity contribution is 0.479. The van der Waals surface area contributed by atoms with Gasteiger partial charge >= 0.3 is 0 Å². The van der Waals surface area contributed by atoms with E-state index in [9.17, 15) is 25.9 Å². The van der Waals surface area contributed by atoms with Gasteiger partial charge in [-0.2, -0.15) is 16.8 Å². The average Bonchev–Trinajstić information content (AvgIpc) is 3.53. The number of fused-ring (bicyclic) bond motifs is 6. The maximum Gasteiger partial charge on any atom is 0.264 e. The van der Waals surface area contributed by atoms with Crippen molar-refractivity contribution in [2.75, 3.05) is 23.0 Å². The highest BCUT2D eigenvalue weighted by atomic mass is 32.2. The molecule has 2 N–H and O–H groups in total. The first-order valence-electron chi connectivity index (χ1n) is 14.7. The molecule has 0 unspecified atom stereocenters. The van der Waals surface area contributed by atoms with Crippen LogP contribution in [0.15, 0.2) is 94.4 Å². The van der Waals surface area contributed by atoms with Crippen LogP contribution in [0.2, 0.25) is 0 Å². The molecular formula is C34H33NO6S4. The summed E-state index contributed by atoms with van der Waals surface area (Å²) in [5.41, 5.74) is 3.17. The van der Waals surface area contributed by atoms with Crippen LogP contribution in [0.25, 0.3) is 37.7 Å². The molecule has 2 heterocycles. The largest absolute Gasteiger partial charge is 0.334 e. The molecular weight excluding hydrogens is 647 g/mol. The Morgan fingerprint density at radius 1 is 0.822 bits per heavy atom. The smallest absolute Gasteiger partial charge is 0.264 e. The van der Waals surface area contributed by atoms with Crippen molar-refractivity contribution < 1.29 is 25.9 Å². The van der Waals surface area contributed by atoms with Gasteiger partial charge in [-0.1, -0.05) is 79.3 Å². The summed E-state index contributed by atoms with van der Waals surface area (Å²) >= 11 is 3.31. The second kappa shape index (κ2) is 12.9. The first-order chi connectivity index (χ1) is 21.5. The third-order valence-electron chi connectivity index (χ3n) is 7.97. The molecule has 1 aliphatic rings. The minimum atomic E-state index is -4.09. The molecule has 45 heavy (non-hydrogen) atoms. The lowest BCUT2D eigenvalue weighted by atomic mass is 9.99. The van der Waals surface area contributed by atoms with Gasteiger partial charge in [-0.15, -0.1) is 11.3 Å². The van der Waals surface area contributed by atoms with E-state index in [0.29, 0.717) is 19.4 Å². The number of benzene rings is 4. The Morgan fingerprint density at radius 3 is 2.18 bits per heavy atom. The normalized spacial score (nSPS) is 15.1. The lowest BCUT2D eigenvalue weighted by Gasteiger charge is -2.22.